The minimum atomic E-state index is -3.79. The number of benzene rings is 1. The largest absolute Gasteiger partial charge is 0.480 e. The molecular weight excluding hydrogens is 309 g/mol. The number of carbonyl (C=O) groups is 1. The first-order valence-corrected chi connectivity index (χ1v) is 7.96. The average molecular weight is 322 g/mol. The van der Waals surface area contributed by atoms with Crippen LogP contribution in [0.2, 0.25) is 5.02 Å². The SMILES string of the molecule is O=C(O)C1CCCN1S(=O)(=O)Cc1ccc(Cl)c(F)c1. The van der Waals surface area contributed by atoms with Gasteiger partial charge in [0, 0.05) is 6.54 Å². The van der Waals surface area contributed by atoms with Gasteiger partial charge in [-0.3, -0.25) is 4.79 Å². The fourth-order valence-corrected chi connectivity index (χ4v) is 4.12. The van der Waals surface area contributed by atoms with Crippen molar-refractivity contribution in [1.29, 1.82) is 0 Å². The van der Waals surface area contributed by atoms with E-state index in [1.165, 1.54) is 12.1 Å². The Bertz CT molecular complexity index is 634. The summed E-state index contributed by atoms with van der Waals surface area (Å²) in [5.41, 5.74) is 0.239. The molecule has 20 heavy (non-hydrogen) atoms. The van der Waals surface area contributed by atoms with Crippen molar-refractivity contribution in [3.63, 3.8) is 0 Å². The van der Waals surface area contributed by atoms with E-state index in [0.717, 1.165) is 10.4 Å². The third-order valence-corrected chi connectivity index (χ3v) is 5.34. The summed E-state index contributed by atoms with van der Waals surface area (Å²) in [6, 6.07) is 2.71. The third kappa shape index (κ3) is 3.11. The van der Waals surface area contributed by atoms with Crippen LogP contribution in [-0.2, 0) is 20.6 Å². The van der Waals surface area contributed by atoms with E-state index in [2.05, 4.69) is 0 Å². The van der Waals surface area contributed by atoms with Crippen LogP contribution in [0.4, 0.5) is 4.39 Å². The highest BCUT2D eigenvalue weighted by atomic mass is 35.5. The molecule has 1 unspecified atom stereocenters. The quantitative estimate of drug-likeness (QED) is 0.918. The van der Waals surface area contributed by atoms with Gasteiger partial charge in [-0.25, -0.2) is 12.8 Å². The molecule has 1 atom stereocenters. The van der Waals surface area contributed by atoms with Crippen molar-refractivity contribution in [2.45, 2.75) is 24.6 Å². The smallest absolute Gasteiger partial charge is 0.322 e. The van der Waals surface area contributed by atoms with E-state index in [9.17, 15) is 17.6 Å². The zero-order chi connectivity index (χ0) is 14.9. The summed E-state index contributed by atoms with van der Waals surface area (Å²) in [5, 5.41) is 8.92. The van der Waals surface area contributed by atoms with E-state index in [1.54, 1.807) is 0 Å². The van der Waals surface area contributed by atoms with Crippen molar-refractivity contribution in [3.8, 4) is 0 Å². The number of sulfonamides is 1. The molecule has 0 bridgehead atoms. The zero-order valence-corrected chi connectivity index (χ0v) is 12.0. The summed E-state index contributed by atoms with van der Waals surface area (Å²) in [6.07, 6.45) is 0.800. The Morgan fingerprint density at radius 1 is 1.50 bits per heavy atom. The highest BCUT2D eigenvalue weighted by Crippen LogP contribution is 2.24. The Labute approximate surface area is 121 Å². The number of halogens is 2. The van der Waals surface area contributed by atoms with Gasteiger partial charge < -0.3 is 5.11 Å². The van der Waals surface area contributed by atoms with Gasteiger partial charge in [0.1, 0.15) is 11.9 Å². The molecule has 8 heteroatoms. The normalized spacial score (nSPS) is 20.2. The summed E-state index contributed by atoms with van der Waals surface area (Å²) in [4.78, 5) is 11.0. The van der Waals surface area contributed by atoms with Crippen LogP contribution in [-0.4, -0.2) is 36.4 Å². The molecule has 5 nitrogen and oxygen atoms in total. The number of hydrogen-bond acceptors (Lipinski definition) is 3. The summed E-state index contributed by atoms with van der Waals surface area (Å²) in [5.74, 6) is -2.30. The van der Waals surface area contributed by atoms with E-state index in [-0.39, 0.29) is 17.1 Å². The van der Waals surface area contributed by atoms with Crippen LogP contribution in [0.15, 0.2) is 18.2 Å². The minimum absolute atomic E-state index is 0.0873. The predicted octanol–water partition coefficient (Wildman–Crippen LogP) is 1.86. The lowest BCUT2D eigenvalue weighted by Crippen LogP contribution is -2.40. The molecule has 1 N–H and O–H groups in total. The third-order valence-electron chi connectivity index (χ3n) is 3.18. The fraction of sp³-hybridized carbons (Fsp3) is 0.417. The van der Waals surface area contributed by atoms with Gasteiger partial charge in [-0.05, 0) is 30.5 Å². The first kappa shape index (κ1) is 15.2. The molecule has 1 aromatic carbocycles. The molecule has 1 aliphatic rings. The van der Waals surface area contributed by atoms with Crippen molar-refractivity contribution in [2.24, 2.45) is 0 Å². The molecule has 1 aliphatic heterocycles. The Morgan fingerprint density at radius 3 is 2.80 bits per heavy atom. The molecule has 1 aromatic rings. The highest BCUT2D eigenvalue weighted by molar-refractivity contribution is 7.88. The summed E-state index contributed by atoms with van der Waals surface area (Å²) in [6.45, 7) is 0.176. The summed E-state index contributed by atoms with van der Waals surface area (Å²) < 4.78 is 38.7. The predicted molar refractivity (Wildman–Crippen MR) is 71.4 cm³/mol. The monoisotopic (exact) mass is 321 g/mol. The summed E-state index contributed by atoms with van der Waals surface area (Å²) >= 11 is 5.53. The van der Waals surface area contributed by atoms with Gasteiger partial charge in [0.25, 0.3) is 0 Å². The van der Waals surface area contributed by atoms with E-state index in [4.69, 9.17) is 16.7 Å². The van der Waals surface area contributed by atoms with Crippen molar-refractivity contribution < 1.29 is 22.7 Å². The second kappa shape index (κ2) is 5.67. The van der Waals surface area contributed by atoms with Crippen LogP contribution in [0.5, 0.6) is 0 Å². The van der Waals surface area contributed by atoms with Crippen LogP contribution < -0.4 is 0 Å². The van der Waals surface area contributed by atoms with Crippen molar-refractivity contribution in [1.82, 2.24) is 4.31 Å². The lowest BCUT2D eigenvalue weighted by molar-refractivity contribution is -0.140. The minimum Gasteiger partial charge on any atom is -0.480 e. The lowest BCUT2D eigenvalue weighted by atomic mass is 10.2. The molecule has 110 valence electrons. The molecule has 0 amide bonds. The number of nitrogens with zero attached hydrogens (tertiary/aromatic N) is 1. The number of carboxylic acids is 1. The summed E-state index contributed by atoms with van der Waals surface area (Å²) in [7, 11) is -3.79. The topological polar surface area (TPSA) is 74.7 Å². The number of aliphatic carboxylic acids is 1. The Morgan fingerprint density at radius 2 is 2.20 bits per heavy atom. The maximum atomic E-state index is 13.3. The lowest BCUT2D eigenvalue weighted by Gasteiger charge is -2.20. The Hall–Kier alpha value is -1.18. The molecule has 1 fully saturated rings. The number of hydrogen-bond donors (Lipinski definition) is 1. The molecule has 0 aliphatic carbocycles. The van der Waals surface area contributed by atoms with Gasteiger partial charge in [-0.2, -0.15) is 4.31 Å². The maximum absolute atomic E-state index is 13.3. The number of carboxylic acid groups (broad SMARTS) is 1. The first-order valence-electron chi connectivity index (χ1n) is 5.97. The van der Waals surface area contributed by atoms with Crippen LogP contribution >= 0.6 is 11.6 Å². The fourth-order valence-electron chi connectivity index (χ4n) is 2.24. The van der Waals surface area contributed by atoms with Crippen LogP contribution in [0, 0.1) is 5.82 Å². The van der Waals surface area contributed by atoms with Gasteiger partial charge in [0.05, 0.1) is 10.8 Å². The van der Waals surface area contributed by atoms with E-state index >= 15 is 0 Å². The molecule has 1 saturated heterocycles. The second-order valence-corrected chi connectivity index (χ2v) is 6.94. The van der Waals surface area contributed by atoms with Crippen LogP contribution in [0.3, 0.4) is 0 Å². The van der Waals surface area contributed by atoms with E-state index in [0.29, 0.717) is 12.8 Å². The Kier molecular flexibility index (Phi) is 4.31. The van der Waals surface area contributed by atoms with Crippen molar-refractivity contribution in [2.75, 3.05) is 6.54 Å². The standard InChI is InChI=1S/C12H13ClFNO4S/c13-9-4-3-8(6-10(9)14)7-20(18,19)15-5-1-2-11(15)12(16)17/h3-4,6,11H,1-2,5,7H2,(H,16,17). The molecule has 0 aromatic heterocycles. The van der Waals surface area contributed by atoms with Gasteiger partial charge in [-0.15, -0.1) is 0 Å². The van der Waals surface area contributed by atoms with Gasteiger partial charge in [-0.1, -0.05) is 17.7 Å². The van der Waals surface area contributed by atoms with Crippen molar-refractivity contribution in [3.05, 3.63) is 34.6 Å². The first-order chi connectivity index (χ1) is 9.31. The van der Waals surface area contributed by atoms with E-state index < -0.39 is 33.6 Å². The van der Waals surface area contributed by atoms with E-state index in [1.807, 2.05) is 0 Å². The Balaban J connectivity index is 2.22. The molecule has 2 rings (SSSR count). The van der Waals surface area contributed by atoms with Crippen LogP contribution in [0.1, 0.15) is 18.4 Å². The average Bonchev–Trinajstić information content (AvgIpc) is 2.83. The van der Waals surface area contributed by atoms with Gasteiger partial charge in [0.2, 0.25) is 10.0 Å². The maximum Gasteiger partial charge on any atom is 0.322 e. The molecule has 1 heterocycles. The molecule has 0 spiro atoms. The van der Waals surface area contributed by atoms with Crippen molar-refractivity contribution >= 4 is 27.6 Å². The molecule has 0 saturated carbocycles. The molecule has 0 radical (unpaired) electrons. The van der Waals surface area contributed by atoms with Crippen LogP contribution in [0.25, 0.3) is 0 Å². The highest BCUT2D eigenvalue weighted by Gasteiger charge is 2.38. The molecular formula is C12H13ClFNO4S. The van der Waals surface area contributed by atoms with Gasteiger partial charge >= 0.3 is 5.97 Å². The van der Waals surface area contributed by atoms with Gasteiger partial charge in [0.15, 0.2) is 0 Å². The zero-order valence-electron chi connectivity index (χ0n) is 10.4. The number of rotatable bonds is 4. The second-order valence-electron chi connectivity index (χ2n) is 4.61.